The first-order chi connectivity index (χ1) is 12.9. The molecule has 0 spiro atoms. The minimum absolute atomic E-state index is 0.0663. The number of rotatable bonds is 5. The largest absolute Gasteiger partial charge is 0.334 e. The Kier molecular flexibility index (Phi) is 6.34. The van der Waals surface area contributed by atoms with Gasteiger partial charge in [-0.3, -0.25) is 4.79 Å². The smallest absolute Gasteiger partial charge is 0.254 e. The molecular weight excluding hydrogens is 380 g/mol. The van der Waals surface area contributed by atoms with Crippen LogP contribution in [0.1, 0.15) is 53.9 Å². The number of hydrogen-bond acceptors (Lipinski definition) is 4. The highest BCUT2D eigenvalue weighted by molar-refractivity contribution is 7.89. The zero-order valence-corrected chi connectivity index (χ0v) is 17.4. The van der Waals surface area contributed by atoms with Crippen LogP contribution < -0.4 is 0 Å². The number of amides is 1. The SMILES string of the molecule is CC(c1cccs1)N(C)C(=O)c1cccc(S(=O)(=O)N2CCCCCC2)c1. The highest BCUT2D eigenvalue weighted by atomic mass is 32.2. The van der Waals surface area contributed by atoms with Gasteiger partial charge in [0.1, 0.15) is 0 Å². The summed E-state index contributed by atoms with van der Waals surface area (Å²) in [5.41, 5.74) is 0.400. The van der Waals surface area contributed by atoms with Crippen LogP contribution in [0.25, 0.3) is 0 Å². The number of sulfonamides is 1. The predicted molar refractivity (Wildman–Crippen MR) is 108 cm³/mol. The maximum atomic E-state index is 13.0. The van der Waals surface area contributed by atoms with E-state index in [1.807, 2.05) is 24.4 Å². The summed E-state index contributed by atoms with van der Waals surface area (Å²) in [6.45, 7) is 3.08. The third-order valence-electron chi connectivity index (χ3n) is 5.14. The second-order valence-corrected chi connectivity index (χ2v) is 9.87. The fraction of sp³-hybridized carbons (Fsp3) is 0.450. The van der Waals surface area contributed by atoms with Crippen molar-refractivity contribution < 1.29 is 13.2 Å². The normalized spacial score (nSPS) is 17.3. The van der Waals surface area contributed by atoms with E-state index < -0.39 is 10.0 Å². The van der Waals surface area contributed by atoms with Gasteiger partial charge in [-0.1, -0.05) is 25.0 Å². The molecule has 1 aliphatic heterocycles. The summed E-state index contributed by atoms with van der Waals surface area (Å²) in [4.78, 5) is 15.9. The van der Waals surface area contributed by atoms with Gasteiger partial charge in [0, 0.05) is 30.6 Å². The molecule has 1 unspecified atom stereocenters. The summed E-state index contributed by atoms with van der Waals surface area (Å²) in [7, 11) is -1.81. The second kappa shape index (κ2) is 8.54. The van der Waals surface area contributed by atoms with E-state index in [1.54, 1.807) is 45.8 Å². The van der Waals surface area contributed by atoms with Crippen LogP contribution in [0.2, 0.25) is 0 Å². The molecule has 0 bridgehead atoms. The van der Waals surface area contributed by atoms with Crippen molar-refractivity contribution in [1.29, 1.82) is 0 Å². The van der Waals surface area contributed by atoms with Gasteiger partial charge in [-0.25, -0.2) is 8.42 Å². The van der Waals surface area contributed by atoms with Crippen molar-refractivity contribution in [2.75, 3.05) is 20.1 Å². The Labute approximate surface area is 165 Å². The summed E-state index contributed by atoms with van der Waals surface area (Å²) >= 11 is 1.60. The first-order valence-electron chi connectivity index (χ1n) is 9.32. The van der Waals surface area contributed by atoms with Crippen LogP contribution in [0.15, 0.2) is 46.7 Å². The van der Waals surface area contributed by atoms with E-state index in [-0.39, 0.29) is 16.8 Å². The third kappa shape index (κ3) is 4.42. The van der Waals surface area contributed by atoms with Crippen molar-refractivity contribution in [1.82, 2.24) is 9.21 Å². The van der Waals surface area contributed by atoms with Crippen molar-refractivity contribution in [3.8, 4) is 0 Å². The summed E-state index contributed by atoms with van der Waals surface area (Å²) in [5.74, 6) is -0.177. The van der Waals surface area contributed by atoms with E-state index >= 15 is 0 Å². The number of carbonyl (C=O) groups is 1. The molecule has 1 fully saturated rings. The van der Waals surface area contributed by atoms with E-state index in [0.29, 0.717) is 18.7 Å². The minimum atomic E-state index is -3.57. The molecule has 1 aromatic heterocycles. The number of hydrogen-bond donors (Lipinski definition) is 0. The molecule has 0 radical (unpaired) electrons. The lowest BCUT2D eigenvalue weighted by molar-refractivity contribution is 0.0744. The summed E-state index contributed by atoms with van der Waals surface area (Å²) in [5, 5.41) is 1.98. The number of benzene rings is 1. The quantitative estimate of drug-likeness (QED) is 0.750. The zero-order chi connectivity index (χ0) is 19.4. The van der Waals surface area contributed by atoms with Gasteiger partial charge in [0.2, 0.25) is 10.0 Å². The van der Waals surface area contributed by atoms with Crippen LogP contribution in [0.5, 0.6) is 0 Å². The van der Waals surface area contributed by atoms with Gasteiger partial charge >= 0.3 is 0 Å². The lowest BCUT2D eigenvalue weighted by atomic mass is 10.1. The van der Waals surface area contributed by atoms with Gasteiger partial charge in [-0.05, 0) is 49.4 Å². The van der Waals surface area contributed by atoms with Crippen LogP contribution in [0, 0.1) is 0 Å². The summed E-state index contributed by atoms with van der Waals surface area (Å²) in [6.07, 6.45) is 3.91. The molecule has 0 N–H and O–H groups in total. The highest BCUT2D eigenvalue weighted by Gasteiger charge is 2.27. The van der Waals surface area contributed by atoms with Gasteiger partial charge < -0.3 is 4.90 Å². The lowest BCUT2D eigenvalue weighted by Gasteiger charge is -2.25. The fourth-order valence-electron chi connectivity index (χ4n) is 3.32. The maximum absolute atomic E-state index is 13.0. The number of carbonyl (C=O) groups excluding carboxylic acids is 1. The Hall–Kier alpha value is -1.70. The molecule has 1 aliphatic rings. The number of thiophene rings is 1. The van der Waals surface area contributed by atoms with E-state index in [9.17, 15) is 13.2 Å². The Balaban J connectivity index is 1.83. The van der Waals surface area contributed by atoms with Crippen molar-refractivity contribution in [2.45, 2.75) is 43.5 Å². The zero-order valence-electron chi connectivity index (χ0n) is 15.8. The molecular formula is C20H26N2O3S2. The summed E-state index contributed by atoms with van der Waals surface area (Å²) < 4.78 is 27.6. The Morgan fingerprint density at radius 1 is 1.11 bits per heavy atom. The molecule has 1 aromatic carbocycles. The first kappa shape index (κ1) is 20.0. The average molecular weight is 407 g/mol. The average Bonchev–Trinajstić information content (AvgIpc) is 3.07. The molecule has 2 aromatic rings. The Morgan fingerprint density at radius 2 is 1.81 bits per heavy atom. The van der Waals surface area contributed by atoms with E-state index in [2.05, 4.69) is 0 Å². The molecule has 1 saturated heterocycles. The van der Waals surface area contributed by atoms with Crippen LogP contribution in [0.4, 0.5) is 0 Å². The molecule has 5 nitrogen and oxygen atoms in total. The highest BCUT2D eigenvalue weighted by Crippen LogP contribution is 2.26. The van der Waals surface area contributed by atoms with Gasteiger partial charge in [-0.2, -0.15) is 4.31 Å². The van der Waals surface area contributed by atoms with E-state index in [1.165, 1.54) is 6.07 Å². The van der Waals surface area contributed by atoms with Crippen LogP contribution in [-0.4, -0.2) is 43.7 Å². The van der Waals surface area contributed by atoms with Gasteiger partial charge in [-0.15, -0.1) is 11.3 Å². The van der Waals surface area contributed by atoms with Crippen LogP contribution in [-0.2, 0) is 10.0 Å². The molecule has 0 aliphatic carbocycles. The van der Waals surface area contributed by atoms with Crippen LogP contribution >= 0.6 is 11.3 Å². The second-order valence-electron chi connectivity index (χ2n) is 6.95. The molecule has 7 heteroatoms. The molecule has 1 atom stereocenters. The van der Waals surface area contributed by atoms with Crippen molar-refractivity contribution in [3.63, 3.8) is 0 Å². The van der Waals surface area contributed by atoms with Crippen molar-refractivity contribution in [2.24, 2.45) is 0 Å². The van der Waals surface area contributed by atoms with Gasteiger partial charge in [0.15, 0.2) is 0 Å². The number of nitrogens with zero attached hydrogens (tertiary/aromatic N) is 2. The topological polar surface area (TPSA) is 57.7 Å². The molecule has 3 rings (SSSR count). The molecule has 2 heterocycles. The Morgan fingerprint density at radius 3 is 2.44 bits per heavy atom. The molecule has 0 saturated carbocycles. The van der Waals surface area contributed by atoms with Gasteiger partial charge in [0.25, 0.3) is 5.91 Å². The van der Waals surface area contributed by atoms with Crippen molar-refractivity contribution >= 4 is 27.3 Å². The maximum Gasteiger partial charge on any atom is 0.254 e. The third-order valence-corrected chi connectivity index (χ3v) is 8.08. The monoisotopic (exact) mass is 406 g/mol. The van der Waals surface area contributed by atoms with E-state index in [4.69, 9.17) is 0 Å². The first-order valence-corrected chi connectivity index (χ1v) is 11.6. The standard InChI is InChI=1S/C20H26N2O3S2/c1-16(19-11-8-14-26-19)21(2)20(23)17-9-7-10-18(15-17)27(24,25)22-12-5-3-4-6-13-22/h7-11,14-16H,3-6,12-13H2,1-2H3. The Bertz CT molecular complexity index is 870. The van der Waals surface area contributed by atoms with Crippen molar-refractivity contribution in [3.05, 3.63) is 52.2 Å². The molecule has 1 amide bonds. The summed E-state index contributed by atoms with van der Waals surface area (Å²) in [6, 6.07) is 10.3. The fourth-order valence-corrected chi connectivity index (χ4v) is 5.71. The molecule has 27 heavy (non-hydrogen) atoms. The van der Waals surface area contributed by atoms with Crippen LogP contribution in [0.3, 0.4) is 0 Å². The minimum Gasteiger partial charge on any atom is -0.334 e. The molecule has 146 valence electrons. The van der Waals surface area contributed by atoms with E-state index in [0.717, 1.165) is 30.6 Å². The van der Waals surface area contributed by atoms with Gasteiger partial charge in [0.05, 0.1) is 10.9 Å². The predicted octanol–water partition coefficient (Wildman–Crippen LogP) is 4.15. The lowest BCUT2D eigenvalue weighted by Crippen LogP contribution is -2.32.